The van der Waals surface area contributed by atoms with Crippen LogP contribution in [0.4, 0.5) is 0 Å². The minimum absolute atomic E-state index is 0.207. The maximum absolute atomic E-state index is 13.9. The molecule has 218 valence electrons. The number of rotatable bonds is 9. The molecule has 0 N–H and O–H groups in total. The van der Waals surface area contributed by atoms with Gasteiger partial charge >= 0.3 is 0 Å². The molecule has 0 bridgehead atoms. The van der Waals surface area contributed by atoms with Crippen LogP contribution in [0, 0.1) is 6.92 Å². The van der Waals surface area contributed by atoms with Gasteiger partial charge in [-0.05, 0) is 85.0 Å². The number of fused-ring (bicyclic) bond motifs is 2. The third kappa shape index (κ3) is 5.68. The SMILES string of the molecule is CCOc1cc(C)c(-c2nc3ccccc3c(=O)n2N=Cc2ccccc2OCc2ccc3c(c2)OCO3)cc1C(C)C. The Morgan fingerprint density at radius 3 is 2.58 bits per heavy atom. The highest BCUT2D eigenvalue weighted by molar-refractivity contribution is 5.84. The van der Waals surface area contributed by atoms with Gasteiger partial charge in [0.15, 0.2) is 17.3 Å². The van der Waals surface area contributed by atoms with Crippen LogP contribution in [0.1, 0.15) is 48.9 Å². The van der Waals surface area contributed by atoms with Crippen LogP contribution in [0.15, 0.2) is 88.8 Å². The van der Waals surface area contributed by atoms with E-state index >= 15 is 0 Å². The normalized spacial score (nSPS) is 12.4. The zero-order valence-corrected chi connectivity index (χ0v) is 24.7. The van der Waals surface area contributed by atoms with Gasteiger partial charge in [-0.3, -0.25) is 4.79 Å². The molecule has 2 heterocycles. The van der Waals surface area contributed by atoms with Gasteiger partial charge in [0.25, 0.3) is 5.56 Å². The number of ether oxygens (including phenoxy) is 4. The second kappa shape index (κ2) is 12.0. The van der Waals surface area contributed by atoms with Crippen molar-refractivity contribution in [3.8, 4) is 34.4 Å². The summed E-state index contributed by atoms with van der Waals surface area (Å²) in [5.74, 6) is 3.57. The molecule has 1 aromatic heterocycles. The van der Waals surface area contributed by atoms with Crippen molar-refractivity contribution in [1.29, 1.82) is 0 Å². The Bertz CT molecular complexity index is 1890. The Morgan fingerprint density at radius 1 is 0.953 bits per heavy atom. The summed E-state index contributed by atoms with van der Waals surface area (Å²) in [6, 6.07) is 24.7. The van der Waals surface area contributed by atoms with Gasteiger partial charge in [-0.25, -0.2) is 4.98 Å². The molecule has 8 heteroatoms. The molecule has 0 unspecified atom stereocenters. The molecule has 5 aromatic rings. The van der Waals surface area contributed by atoms with Gasteiger partial charge < -0.3 is 18.9 Å². The van der Waals surface area contributed by atoms with Gasteiger partial charge in [-0.1, -0.05) is 44.2 Å². The molecule has 6 rings (SSSR count). The summed E-state index contributed by atoms with van der Waals surface area (Å²) in [5.41, 5.74) is 4.82. The highest BCUT2D eigenvalue weighted by Crippen LogP contribution is 2.35. The molecule has 0 saturated carbocycles. The summed E-state index contributed by atoms with van der Waals surface area (Å²) in [5, 5.41) is 5.20. The quantitative estimate of drug-likeness (QED) is 0.175. The molecule has 1 aliphatic rings. The summed E-state index contributed by atoms with van der Waals surface area (Å²) < 4.78 is 24.4. The van der Waals surface area contributed by atoms with Crippen LogP contribution in [-0.4, -0.2) is 29.3 Å². The number of hydrogen-bond donors (Lipinski definition) is 0. The lowest BCUT2D eigenvalue weighted by Crippen LogP contribution is -2.21. The van der Waals surface area contributed by atoms with Crippen molar-refractivity contribution < 1.29 is 18.9 Å². The number of benzene rings is 4. The molecule has 0 spiro atoms. The van der Waals surface area contributed by atoms with Crippen LogP contribution in [0.3, 0.4) is 0 Å². The lowest BCUT2D eigenvalue weighted by Gasteiger charge is -2.18. The molecular formula is C35H33N3O5. The number of aryl methyl sites for hydroxylation is 1. The van der Waals surface area contributed by atoms with E-state index in [1.807, 2.05) is 80.6 Å². The van der Waals surface area contributed by atoms with E-state index < -0.39 is 0 Å². The van der Waals surface area contributed by atoms with Crippen molar-refractivity contribution in [2.24, 2.45) is 5.10 Å². The number of hydrogen-bond acceptors (Lipinski definition) is 7. The first-order valence-electron chi connectivity index (χ1n) is 14.4. The molecular weight excluding hydrogens is 542 g/mol. The van der Waals surface area contributed by atoms with Crippen LogP contribution in [-0.2, 0) is 6.61 Å². The molecule has 0 atom stereocenters. The number of para-hydroxylation sites is 2. The maximum Gasteiger partial charge on any atom is 0.282 e. The van der Waals surface area contributed by atoms with E-state index in [0.29, 0.717) is 41.4 Å². The van der Waals surface area contributed by atoms with Crippen molar-refractivity contribution in [2.45, 2.75) is 40.2 Å². The monoisotopic (exact) mass is 575 g/mol. The fraction of sp³-hybridized carbons (Fsp3) is 0.229. The average molecular weight is 576 g/mol. The Labute approximate surface area is 250 Å². The van der Waals surface area contributed by atoms with Gasteiger partial charge in [0.2, 0.25) is 6.79 Å². The van der Waals surface area contributed by atoms with E-state index in [0.717, 1.165) is 39.3 Å². The van der Waals surface area contributed by atoms with Crippen LogP contribution in [0.25, 0.3) is 22.3 Å². The molecule has 1 aliphatic heterocycles. The van der Waals surface area contributed by atoms with E-state index in [1.165, 1.54) is 4.68 Å². The molecule has 4 aromatic carbocycles. The minimum atomic E-state index is -0.255. The predicted octanol–water partition coefficient (Wildman–Crippen LogP) is 7.08. The lowest BCUT2D eigenvalue weighted by molar-refractivity contribution is 0.174. The van der Waals surface area contributed by atoms with Crippen LogP contribution in [0.2, 0.25) is 0 Å². The van der Waals surface area contributed by atoms with Crippen LogP contribution in [0.5, 0.6) is 23.0 Å². The van der Waals surface area contributed by atoms with Gasteiger partial charge in [-0.15, -0.1) is 0 Å². The topological polar surface area (TPSA) is 84.2 Å². The first kappa shape index (κ1) is 28.0. The van der Waals surface area contributed by atoms with Crippen molar-refractivity contribution in [2.75, 3.05) is 13.4 Å². The summed E-state index contributed by atoms with van der Waals surface area (Å²) >= 11 is 0. The van der Waals surface area contributed by atoms with E-state index in [2.05, 4.69) is 19.9 Å². The van der Waals surface area contributed by atoms with Crippen LogP contribution >= 0.6 is 0 Å². The maximum atomic E-state index is 13.9. The van der Waals surface area contributed by atoms with Gasteiger partial charge in [-0.2, -0.15) is 9.78 Å². The summed E-state index contributed by atoms with van der Waals surface area (Å²) in [6.07, 6.45) is 1.64. The van der Waals surface area contributed by atoms with Crippen molar-refractivity contribution in [3.05, 3.63) is 111 Å². The minimum Gasteiger partial charge on any atom is -0.494 e. The van der Waals surface area contributed by atoms with Crippen LogP contribution < -0.4 is 24.5 Å². The second-order valence-corrected chi connectivity index (χ2v) is 10.6. The third-order valence-electron chi connectivity index (χ3n) is 7.34. The average Bonchev–Trinajstić information content (AvgIpc) is 3.48. The third-order valence-corrected chi connectivity index (χ3v) is 7.34. The lowest BCUT2D eigenvalue weighted by atomic mass is 9.96. The predicted molar refractivity (Wildman–Crippen MR) is 168 cm³/mol. The van der Waals surface area contributed by atoms with E-state index in [1.54, 1.807) is 12.3 Å². The molecule has 8 nitrogen and oxygen atoms in total. The summed E-state index contributed by atoms with van der Waals surface area (Å²) in [4.78, 5) is 18.8. The highest BCUT2D eigenvalue weighted by Gasteiger charge is 2.19. The fourth-order valence-electron chi connectivity index (χ4n) is 5.11. The van der Waals surface area contributed by atoms with E-state index in [4.69, 9.17) is 29.0 Å². The Hall–Kier alpha value is -5.11. The van der Waals surface area contributed by atoms with Crippen molar-refractivity contribution in [1.82, 2.24) is 9.66 Å². The fourth-order valence-corrected chi connectivity index (χ4v) is 5.11. The first-order chi connectivity index (χ1) is 20.9. The summed E-state index contributed by atoms with van der Waals surface area (Å²) in [7, 11) is 0. The molecule has 0 aliphatic carbocycles. The Kier molecular flexibility index (Phi) is 7.83. The largest absolute Gasteiger partial charge is 0.494 e. The smallest absolute Gasteiger partial charge is 0.282 e. The molecule has 0 amide bonds. The zero-order valence-electron chi connectivity index (χ0n) is 24.7. The van der Waals surface area contributed by atoms with Gasteiger partial charge in [0.05, 0.1) is 23.7 Å². The van der Waals surface area contributed by atoms with E-state index in [9.17, 15) is 4.79 Å². The second-order valence-electron chi connectivity index (χ2n) is 10.6. The first-order valence-corrected chi connectivity index (χ1v) is 14.4. The Morgan fingerprint density at radius 2 is 1.74 bits per heavy atom. The van der Waals surface area contributed by atoms with Gasteiger partial charge in [0, 0.05) is 11.1 Å². The number of nitrogens with zero attached hydrogens (tertiary/aromatic N) is 3. The summed E-state index contributed by atoms with van der Waals surface area (Å²) in [6.45, 7) is 9.33. The molecule has 0 radical (unpaired) electrons. The van der Waals surface area contributed by atoms with Crippen molar-refractivity contribution >= 4 is 17.1 Å². The molecule has 43 heavy (non-hydrogen) atoms. The Balaban J connectivity index is 1.40. The standard InChI is InChI=1S/C35H33N3O5/c1-5-40-32-16-23(4)28(18-27(32)22(2)3)34-37-29-12-8-7-11-26(29)35(39)38(34)36-19-25-10-6-9-13-30(25)41-20-24-14-15-31-33(17-24)43-21-42-31/h6-19,22H,5,20-21H2,1-4H3. The van der Waals surface area contributed by atoms with Gasteiger partial charge in [0.1, 0.15) is 18.1 Å². The molecule has 0 fully saturated rings. The molecule has 0 saturated heterocycles. The number of aromatic nitrogens is 2. The zero-order chi connectivity index (χ0) is 29.9. The van der Waals surface area contributed by atoms with E-state index in [-0.39, 0.29) is 18.3 Å². The highest BCUT2D eigenvalue weighted by atomic mass is 16.7. The van der Waals surface area contributed by atoms with Crippen molar-refractivity contribution in [3.63, 3.8) is 0 Å².